The molecule has 0 aliphatic carbocycles. The molecule has 0 spiro atoms. The predicted octanol–water partition coefficient (Wildman–Crippen LogP) is 2.70. The van der Waals surface area contributed by atoms with Gasteiger partial charge in [0.05, 0.1) is 23.4 Å². The van der Waals surface area contributed by atoms with E-state index in [1.54, 1.807) is 26.1 Å². The van der Waals surface area contributed by atoms with E-state index in [-0.39, 0.29) is 18.9 Å². The molecular formula is C17H18F3N3O2. The topological polar surface area (TPSA) is 58.4 Å². The number of hydrogen-bond acceptors (Lipinski definition) is 3. The van der Waals surface area contributed by atoms with Crippen LogP contribution in [0.5, 0.6) is 0 Å². The fourth-order valence-corrected chi connectivity index (χ4v) is 3.23. The first kappa shape index (κ1) is 17.5. The van der Waals surface area contributed by atoms with E-state index in [0.717, 1.165) is 12.1 Å². The Labute approximate surface area is 142 Å². The maximum atomic E-state index is 13.0. The highest BCUT2D eigenvalue weighted by molar-refractivity contribution is 5.93. The zero-order valence-corrected chi connectivity index (χ0v) is 13.8. The number of aryl methyl sites for hydroxylation is 2. The van der Waals surface area contributed by atoms with Crippen LogP contribution in [-0.4, -0.2) is 38.3 Å². The molecule has 2 atom stereocenters. The maximum Gasteiger partial charge on any atom is 0.416 e. The lowest BCUT2D eigenvalue weighted by Gasteiger charge is -2.25. The van der Waals surface area contributed by atoms with Crippen molar-refractivity contribution in [1.29, 1.82) is 0 Å². The van der Waals surface area contributed by atoms with Crippen molar-refractivity contribution in [3.8, 4) is 0 Å². The molecule has 2 heterocycles. The van der Waals surface area contributed by atoms with Crippen molar-refractivity contribution >= 4 is 5.91 Å². The molecule has 1 aromatic carbocycles. The Bertz CT molecular complexity index is 801. The van der Waals surface area contributed by atoms with Gasteiger partial charge in [-0.15, -0.1) is 0 Å². The quantitative estimate of drug-likeness (QED) is 0.903. The van der Waals surface area contributed by atoms with E-state index in [1.165, 1.54) is 15.6 Å². The van der Waals surface area contributed by atoms with E-state index in [4.69, 9.17) is 0 Å². The molecular weight excluding hydrogens is 335 g/mol. The van der Waals surface area contributed by atoms with Gasteiger partial charge in [0, 0.05) is 13.6 Å². The summed E-state index contributed by atoms with van der Waals surface area (Å²) in [5.41, 5.74) is 0.596. The third kappa shape index (κ3) is 3.39. The zero-order chi connectivity index (χ0) is 18.4. The Hall–Kier alpha value is -2.35. The number of amides is 1. The van der Waals surface area contributed by atoms with Gasteiger partial charge in [0.1, 0.15) is 5.69 Å². The van der Waals surface area contributed by atoms with Crippen molar-refractivity contribution in [2.45, 2.75) is 31.7 Å². The van der Waals surface area contributed by atoms with Gasteiger partial charge in [-0.25, -0.2) is 0 Å². The third-order valence-corrected chi connectivity index (χ3v) is 4.36. The van der Waals surface area contributed by atoms with Crippen LogP contribution in [0.25, 0.3) is 0 Å². The molecule has 2 unspecified atom stereocenters. The third-order valence-electron chi connectivity index (χ3n) is 4.36. The summed E-state index contributed by atoms with van der Waals surface area (Å²) >= 11 is 0. The Morgan fingerprint density at radius 2 is 2.04 bits per heavy atom. The first-order valence-corrected chi connectivity index (χ1v) is 7.83. The van der Waals surface area contributed by atoms with Gasteiger partial charge >= 0.3 is 6.18 Å². The number of aromatic nitrogens is 2. The lowest BCUT2D eigenvalue weighted by Crippen LogP contribution is -2.33. The van der Waals surface area contributed by atoms with Crippen molar-refractivity contribution in [2.75, 3.05) is 6.54 Å². The Balaban J connectivity index is 1.95. The van der Waals surface area contributed by atoms with Crippen LogP contribution in [0.1, 0.15) is 39.8 Å². The summed E-state index contributed by atoms with van der Waals surface area (Å²) < 4.78 is 40.3. The fourth-order valence-electron chi connectivity index (χ4n) is 3.23. The normalized spacial score (nSPS) is 21.0. The lowest BCUT2D eigenvalue weighted by molar-refractivity contribution is -0.137. The SMILES string of the molecule is Cc1cc(C(=O)N2CC(O)CC2c2cccc(C(F)(F)F)c2)n(C)n1. The molecule has 8 heteroatoms. The lowest BCUT2D eigenvalue weighted by atomic mass is 10.0. The minimum absolute atomic E-state index is 0.0734. The number of likely N-dealkylation sites (tertiary alicyclic amines) is 1. The van der Waals surface area contributed by atoms with E-state index < -0.39 is 23.9 Å². The van der Waals surface area contributed by atoms with Crippen LogP contribution in [-0.2, 0) is 13.2 Å². The number of alkyl halides is 3. The van der Waals surface area contributed by atoms with Crippen molar-refractivity contribution < 1.29 is 23.1 Å². The fraction of sp³-hybridized carbons (Fsp3) is 0.412. The number of β-amino-alcohol motifs (C(OH)–C–C–N with tert-alkyl or cyclic N) is 1. The van der Waals surface area contributed by atoms with Crippen molar-refractivity contribution in [3.63, 3.8) is 0 Å². The first-order valence-electron chi connectivity index (χ1n) is 7.83. The molecule has 0 saturated carbocycles. The van der Waals surface area contributed by atoms with Crippen LogP contribution in [0.3, 0.4) is 0 Å². The highest BCUT2D eigenvalue weighted by Gasteiger charge is 2.38. The second-order valence-corrected chi connectivity index (χ2v) is 6.28. The molecule has 1 aliphatic heterocycles. The Kier molecular flexibility index (Phi) is 4.32. The van der Waals surface area contributed by atoms with Gasteiger partial charge in [-0.3, -0.25) is 9.48 Å². The monoisotopic (exact) mass is 353 g/mol. The van der Waals surface area contributed by atoms with E-state index in [0.29, 0.717) is 17.0 Å². The minimum Gasteiger partial charge on any atom is -0.391 e. The van der Waals surface area contributed by atoms with Crippen molar-refractivity contribution in [2.24, 2.45) is 7.05 Å². The number of benzene rings is 1. The minimum atomic E-state index is -4.46. The van der Waals surface area contributed by atoms with Gasteiger partial charge in [0.2, 0.25) is 0 Å². The van der Waals surface area contributed by atoms with Crippen LogP contribution >= 0.6 is 0 Å². The van der Waals surface area contributed by atoms with E-state index >= 15 is 0 Å². The first-order chi connectivity index (χ1) is 11.7. The molecule has 1 fully saturated rings. The van der Waals surface area contributed by atoms with Crippen LogP contribution in [0, 0.1) is 6.92 Å². The van der Waals surface area contributed by atoms with Gasteiger partial charge in [-0.05, 0) is 37.1 Å². The predicted molar refractivity (Wildman–Crippen MR) is 83.8 cm³/mol. The smallest absolute Gasteiger partial charge is 0.391 e. The largest absolute Gasteiger partial charge is 0.416 e. The Morgan fingerprint density at radius 1 is 1.32 bits per heavy atom. The van der Waals surface area contributed by atoms with Gasteiger partial charge in [-0.1, -0.05) is 12.1 Å². The maximum absolute atomic E-state index is 13.0. The molecule has 1 aliphatic rings. The number of carbonyl (C=O) groups is 1. The standard InChI is InChI=1S/C17H18F3N3O2/c1-10-6-15(22(2)21-10)16(25)23-9-13(24)8-14(23)11-4-3-5-12(7-11)17(18,19)20/h3-7,13-14,24H,8-9H2,1-2H3. The number of halogens is 3. The number of rotatable bonds is 2. The average Bonchev–Trinajstić information content (AvgIpc) is 3.08. The van der Waals surface area contributed by atoms with Crippen molar-refractivity contribution in [1.82, 2.24) is 14.7 Å². The molecule has 0 radical (unpaired) electrons. The van der Waals surface area contributed by atoms with Crippen LogP contribution in [0.2, 0.25) is 0 Å². The summed E-state index contributed by atoms with van der Waals surface area (Å²) in [6.07, 6.45) is -5.04. The second kappa shape index (κ2) is 6.18. The number of hydrogen-bond donors (Lipinski definition) is 1. The van der Waals surface area contributed by atoms with Crippen LogP contribution in [0.4, 0.5) is 13.2 Å². The number of aliphatic hydroxyl groups is 1. The molecule has 2 aromatic rings. The molecule has 134 valence electrons. The highest BCUT2D eigenvalue weighted by Crippen LogP contribution is 2.36. The molecule has 25 heavy (non-hydrogen) atoms. The van der Waals surface area contributed by atoms with Crippen LogP contribution < -0.4 is 0 Å². The summed E-state index contributed by atoms with van der Waals surface area (Å²) in [4.78, 5) is 14.2. The average molecular weight is 353 g/mol. The van der Waals surface area contributed by atoms with Crippen molar-refractivity contribution in [3.05, 3.63) is 52.8 Å². The van der Waals surface area contributed by atoms with Gasteiger partial charge in [0.15, 0.2) is 0 Å². The second-order valence-electron chi connectivity index (χ2n) is 6.28. The van der Waals surface area contributed by atoms with Gasteiger partial charge < -0.3 is 10.0 Å². The zero-order valence-electron chi connectivity index (χ0n) is 13.8. The van der Waals surface area contributed by atoms with E-state index in [1.807, 2.05) is 0 Å². The highest BCUT2D eigenvalue weighted by atomic mass is 19.4. The molecule has 0 bridgehead atoms. The summed E-state index contributed by atoms with van der Waals surface area (Å²) in [5, 5.41) is 14.1. The summed E-state index contributed by atoms with van der Waals surface area (Å²) in [5.74, 6) is -0.359. The molecule has 1 saturated heterocycles. The molecule has 1 aromatic heterocycles. The summed E-state index contributed by atoms with van der Waals surface area (Å²) in [7, 11) is 1.63. The number of nitrogens with zero attached hydrogens (tertiary/aromatic N) is 3. The number of carbonyl (C=O) groups excluding carboxylic acids is 1. The molecule has 5 nitrogen and oxygen atoms in total. The van der Waals surface area contributed by atoms with E-state index in [2.05, 4.69) is 5.10 Å². The van der Waals surface area contributed by atoms with Gasteiger partial charge in [-0.2, -0.15) is 18.3 Å². The summed E-state index contributed by atoms with van der Waals surface area (Å²) in [6.45, 7) is 1.82. The molecule has 1 N–H and O–H groups in total. The molecule has 1 amide bonds. The Morgan fingerprint density at radius 3 is 2.64 bits per heavy atom. The van der Waals surface area contributed by atoms with Gasteiger partial charge in [0.25, 0.3) is 5.91 Å². The molecule has 3 rings (SSSR count). The number of aliphatic hydroxyl groups excluding tert-OH is 1. The van der Waals surface area contributed by atoms with Crippen LogP contribution in [0.15, 0.2) is 30.3 Å². The summed E-state index contributed by atoms with van der Waals surface area (Å²) in [6, 6.07) is 5.91. The van der Waals surface area contributed by atoms with E-state index in [9.17, 15) is 23.1 Å².